The van der Waals surface area contributed by atoms with Crippen molar-refractivity contribution in [2.75, 3.05) is 19.7 Å². The molecule has 0 aliphatic heterocycles. The van der Waals surface area contributed by atoms with Crippen LogP contribution in [0.3, 0.4) is 0 Å². The summed E-state index contributed by atoms with van der Waals surface area (Å²) in [4.78, 5) is 0. The number of aliphatic hydroxyl groups is 1. The Morgan fingerprint density at radius 3 is 1.38 bits per heavy atom. The van der Waals surface area contributed by atoms with Gasteiger partial charge in [0.15, 0.2) is 0 Å². The average Bonchev–Trinajstić information content (AvgIpc) is 1.69. The number of rotatable bonds is 1. The minimum Gasteiger partial charge on any atom is -0.397 e. The maximum absolute atomic E-state index is 7.57. The minimum atomic E-state index is 0. The summed E-state index contributed by atoms with van der Waals surface area (Å²) in [5.41, 5.74) is 9.81. The monoisotopic (exact) mass is 129 g/mol. The van der Waals surface area contributed by atoms with Crippen LogP contribution in [-0.4, -0.2) is 54.4 Å². The first-order chi connectivity index (χ1) is 3.33. The van der Waals surface area contributed by atoms with Crippen LogP contribution in [0.1, 0.15) is 6.92 Å². The Balaban J connectivity index is -0.0000000575. The molecule has 1 radical (unpaired) electrons. The fourth-order valence-electron chi connectivity index (χ4n) is 0. The van der Waals surface area contributed by atoms with Crippen molar-refractivity contribution in [2.24, 2.45) is 11.5 Å². The van der Waals surface area contributed by atoms with Crippen molar-refractivity contribution in [1.29, 1.82) is 0 Å². The van der Waals surface area contributed by atoms with E-state index < -0.39 is 0 Å². The summed E-state index contributed by atoms with van der Waals surface area (Å²) in [7, 11) is 0. The zero-order valence-electron chi connectivity index (χ0n) is 5.72. The summed E-state index contributed by atoms with van der Waals surface area (Å²) in [6, 6.07) is 0. The fraction of sp³-hybridized carbons (Fsp3) is 1.00. The second kappa shape index (κ2) is 24.8. The van der Waals surface area contributed by atoms with E-state index in [9.17, 15) is 0 Å². The molecule has 0 fully saturated rings. The Morgan fingerprint density at radius 1 is 1.25 bits per heavy atom. The molecule has 0 bridgehead atoms. The first kappa shape index (κ1) is 15.9. The van der Waals surface area contributed by atoms with Crippen LogP contribution in [-0.2, 0) is 0 Å². The molecule has 0 aliphatic carbocycles. The molecule has 0 aromatic carbocycles. The molecule has 0 aliphatic rings. The van der Waals surface area contributed by atoms with Crippen LogP contribution >= 0.6 is 0 Å². The fourth-order valence-corrected chi connectivity index (χ4v) is 0. The van der Waals surface area contributed by atoms with Crippen LogP contribution in [0.15, 0.2) is 0 Å². The predicted molar refractivity (Wildman–Crippen MR) is 36.6 cm³/mol. The van der Waals surface area contributed by atoms with Gasteiger partial charge in [0.05, 0.1) is 0 Å². The van der Waals surface area contributed by atoms with Gasteiger partial charge >= 0.3 is 0 Å². The first-order valence-electron chi connectivity index (χ1n) is 2.34. The Hall–Kier alpha value is 0.880. The molecule has 5 N–H and O–H groups in total. The van der Waals surface area contributed by atoms with E-state index in [4.69, 9.17) is 16.6 Å². The van der Waals surface area contributed by atoms with Crippen molar-refractivity contribution in [3.05, 3.63) is 0 Å². The largest absolute Gasteiger partial charge is 0.397 e. The van der Waals surface area contributed by atoms with Gasteiger partial charge in [-0.1, -0.05) is 0 Å². The molecule has 8 heavy (non-hydrogen) atoms. The number of nitrogens with two attached hydrogens (primary N) is 2. The Kier molecular flexibility index (Phi) is 49.4. The molecule has 0 rings (SSSR count). The molecular weight excluding hydrogens is 115 g/mol. The van der Waals surface area contributed by atoms with E-state index in [1.165, 1.54) is 0 Å². The summed E-state index contributed by atoms with van der Waals surface area (Å²) >= 11 is 0. The van der Waals surface area contributed by atoms with E-state index in [1.54, 1.807) is 6.92 Å². The minimum absolute atomic E-state index is 0. The van der Waals surface area contributed by atoms with Gasteiger partial charge in [-0.3, -0.25) is 0 Å². The zero-order chi connectivity index (χ0) is 6.12. The van der Waals surface area contributed by atoms with Crippen molar-refractivity contribution >= 4 is 29.6 Å². The normalized spacial score (nSPS) is 6.00. The SMILES string of the molecule is CCO.NCCN.[Na]. The summed E-state index contributed by atoms with van der Waals surface area (Å²) in [6.07, 6.45) is 0. The van der Waals surface area contributed by atoms with E-state index in [0.717, 1.165) is 0 Å². The molecule has 47 valence electrons. The third-order valence-electron chi connectivity index (χ3n) is 0.167. The van der Waals surface area contributed by atoms with Crippen LogP contribution in [0, 0.1) is 0 Å². The summed E-state index contributed by atoms with van der Waals surface area (Å²) in [6.45, 7) is 3.12. The molecule has 3 nitrogen and oxygen atoms in total. The van der Waals surface area contributed by atoms with E-state index in [-0.39, 0.29) is 36.2 Å². The second-order valence-electron chi connectivity index (χ2n) is 0.894. The molecule has 0 amide bonds. The molecule has 0 spiro atoms. The van der Waals surface area contributed by atoms with Gasteiger partial charge < -0.3 is 16.6 Å². The zero-order valence-corrected chi connectivity index (χ0v) is 7.72. The molecule has 0 heterocycles. The van der Waals surface area contributed by atoms with E-state index in [0.29, 0.717) is 13.1 Å². The van der Waals surface area contributed by atoms with Gasteiger partial charge in [-0.2, -0.15) is 0 Å². The van der Waals surface area contributed by atoms with Gasteiger partial charge in [-0.05, 0) is 6.92 Å². The standard InChI is InChI=1S/C2H8N2.C2H6O.Na/c3-1-2-4;1-2-3;/h1-4H2;3H,2H2,1H3;. The predicted octanol–water partition coefficient (Wildman–Crippen LogP) is -1.48. The van der Waals surface area contributed by atoms with Gasteiger partial charge in [0, 0.05) is 49.3 Å². The molecule has 0 atom stereocenters. The number of aliphatic hydroxyl groups excluding tert-OH is 1. The molecule has 0 saturated heterocycles. The molecule has 0 aromatic rings. The van der Waals surface area contributed by atoms with Crippen molar-refractivity contribution in [1.82, 2.24) is 0 Å². The van der Waals surface area contributed by atoms with Crippen LogP contribution in [0.4, 0.5) is 0 Å². The average molecular weight is 129 g/mol. The summed E-state index contributed by atoms with van der Waals surface area (Å²) < 4.78 is 0. The van der Waals surface area contributed by atoms with Crippen molar-refractivity contribution < 1.29 is 5.11 Å². The molecule has 4 heteroatoms. The quantitative estimate of drug-likeness (QED) is 0.378. The van der Waals surface area contributed by atoms with Gasteiger partial charge in [-0.25, -0.2) is 0 Å². The van der Waals surface area contributed by atoms with Crippen molar-refractivity contribution in [3.63, 3.8) is 0 Å². The van der Waals surface area contributed by atoms with E-state index >= 15 is 0 Å². The second-order valence-corrected chi connectivity index (χ2v) is 0.894. The van der Waals surface area contributed by atoms with Crippen molar-refractivity contribution in [2.45, 2.75) is 6.92 Å². The number of hydrogen-bond acceptors (Lipinski definition) is 3. The smallest absolute Gasteiger partial charge is 0.0402 e. The van der Waals surface area contributed by atoms with Gasteiger partial charge in [-0.15, -0.1) is 0 Å². The molecule has 0 unspecified atom stereocenters. The maximum atomic E-state index is 7.57. The third-order valence-corrected chi connectivity index (χ3v) is 0.167. The van der Waals surface area contributed by atoms with Crippen LogP contribution < -0.4 is 11.5 Å². The Bertz CT molecular complexity index is 21.5. The van der Waals surface area contributed by atoms with Crippen LogP contribution in [0.5, 0.6) is 0 Å². The molecule has 0 aromatic heterocycles. The Labute approximate surface area is 72.7 Å². The Morgan fingerprint density at radius 2 is 1.38 bits per heavy atom. The van der Waals surface area contributed by atoms with E-state index in [2.05, 4.69) is 0 Å². The van der Waals surface area contributed by atoms with Crippen molar-refractivity contribution in [3.8, 4) is 0 Å². The molecular formula is C4H14N2NaO. The number of hydrogen-bond donors (Lipinski definition) is 3. The third kappa shape index (κ3) is 67.3. The van der Waals surface area contributed by atoms with Gasteiger partial charge in [0.25, 0.3) is 0 Å². The van der Waals surface area contributed by atoms with Gasteiger partial charge in [0.2, 0.25) is 0 Å². The first-order valence-corrected chi connectivity index (χ1v) is 2.34. The van der Waals surface area contributed by atoms with E-state index in [1.807, 2.05) is 0 Å². The summed E-state index contributed by atoms with van der Waals surface area (Å²) in [5.74, 6) is 0. The molecule has 0 saturated carbocycles. The van der Waals surface area contributed by atoms with Crippen LogP contribution in [0.25, 0.3) is 0 Å². The van der Waals surface area contributed by atoms with Crippen LogP contribution in [0.2, 0.25) is 0 Å². The maximum Gasteiger partial charge on any atom is 0.0402 e. The van der Waals surface area contributed by atoms with Gasteiger partial charge in [0.1, 0.15) is 0 Å². The summed E-state index contributed by atoms with van der Waals surface area (Å²) in [5, 5.41) is 7.57. The topological polar surface area (TPSA) is 72.3 Å².